The number of methoxy groups -OCH3 is 3. The third-order valence-corrected chi connectivity index (χ3v) is 3.77. The molecule has 120 valence electrons. The zero-order chi connectivity index (χ0) is 16.6. The van der Waals surface area contributed by atoms with Crippen molar-refractivity contribution in [2.45, 2.75) is 6.10 Å². The fourth-order valence-corrected chi connectivity index (χ4v) is 2.81. The Bertz CT molecular complexity index is 768. The van der Waals surface area contributed by atoms with Crippen LogP contribution >= 0.6 is 0 Å². The number of rotatable bonds is 4. The molecule has 0 aliphatic carbocycles. The summed E-state index contributed by atoms with van der Waals surface area (Å²) in [6.07, 6.45) is -1.14. The van der Waals surface area contributed by atoms with Gasteiger partial charge in [-0.15, -0.1) is 0 Å². The van der Waals surface area contributed by atoms with Crippen molar-refractivity contribution in [3.63, 3.8) is 0 Å². The molecule has 1 atom stereocenters. The maximum Gasteiger partial charge on any atom is 0.349 e. The minimum atomic E-state index is -1.14. The van der Waals surface area contributed by atoms with Crippen LogP contribution in [-0.2, 0) is 4.79 Å². The first-order valence-electron chi connectivity index (χ1n) is 6.94. The van der Waals surface area contributed by atoms with Gasteiger partial charge in [-0.05, 0) is 12.1 Å². The molecule has 0 radical (unpaired) electrons. The smallest absolute Gasteiger partial charge is 0.349 e. The lowest BCUT2D eigenvalue weighted by Gasteiger charge is -2.29. The average Bonchev–Trinajstić information content (AvgIpc) is 2.58. The highest BCUT2D eigenvalue weighted by molar-refractivity contribution is 5.90. The van der Waals surface area contributed by atoms with E-state index in [2.05, 4.69) is 0 Å². The van der Waals surface area contributed by atoms with Crippen molar-refractivity contribution in [3.8, 4) is 34.1 Å². The molecule has 0 amide bonds. The first-order valence-corrected chi connectivity index (χ1v) is 6.94. The van der Waals surface area contributed by atoms with E-state index in [0.29, 0.717) is 34.1 Å². The Labute approximate surface area is 133 Å². The standard InChI is InChI=1S/C17H16O6/c1-20-12-8-10-13(16(22-3)15(12)21-2)9-6-4-5-7-11(9)23-14(10)17(18)19/h4-8,14H,1-3H3,(H,18,19). The lowest BCUT2D eigenvalue weighted by atomic mass is 9.91. The van der Waals surface area contributed by atoms with Crippen LogP contribution in [0.25, 0.3) is 11.1 Å². The molecule has 1 unspecified atom stereocenters. The van der Waals surface area contributed by atoms with Crippen LogP contribution in [-0.4, -0.2) is 32.4 Å². The van der Waals surface area contributed by atoms with Crippen LogP contribution in [0.4, 0.5) is 0 Å². The number of carbonyl (C=O) groups is 1. The van der Waals surface area contributed by atoms with Crippen molar-refractivity contribution in [1.82, 2.24) is 0 Å². The van der Waals surface area contributed by atoms with E-state index in [4.69, 9.17) is 18.9 Å². The van der Waals surface area contributed by atoms with E-state index in [0.717, 1.165) is 5.56 Å². The van der Waals surface area contributed by atoms with E-state index in [1.54, 1.807) is 18.2 Å². The summed E-state index contributed by atoms with van der Waals surface area (Å²) in [5.74, 6) is 0.615. The summed E-state index contributed by atoms with van der Waals surface area (Å²) in [5.41, 5.74) is 1.85. The first kappa shape index (κ1) is 15.0. The second-order valence-electron chi connectivity index (χ2n) is 4.94. The van der Waals surface area contributed by atoms with Gasteiger partial charge in [0.25, 0.3) is 0 Å². The molecule has 2 aromatic rings. The Morgan fingerprint density at radius 1 is 1.09 bits per heavy atom. The van der Waals surface area contributed by atoms with Crippen LogP contribution < -0.4 is 18.9 Å². The molecular formula is C17H16O6. The predicted molar refractivity (Wildman–Crippen MR) is 82.5 cm³/mol. The summed E-state index contributed by atoms with van der Waals surface area (Å²) in [6.45, 7) is 0. The normalized spacial score (nSPS) is 15.0. The van der Waals surface area contributed by atoms with E-state index in [1.165, 1.54) is 21.3 Å². The van der Waals surface area contributed by atoms with Gasteiger partial charge in [-0.3, -0.25) is 0 Å². The molecule has 1 heterocycles. The van der Waals surface area contributed by atoms with E-state index in [-0.39, 0.29) is 0 Å². The summed E-state index contributed by atoms with van der Waals surface area (Å²) in [6, 6.07) is 8.83. The lowest BCUT2D eigenvalue weighted by molar-refractivity contribution is -0.145. The fraction of sp³-hybridized carbons (Fsp3) is 0.235. The molecule has 2 aromatic carbocycles. The first-order chi connectivity index (χ1) is 11.1. The number of aliphatic carboxylic acids is 1. The molecule has 0 aromatic heterocycles. The highest BCUT2D eigenvalue weighted by Crippen LogP contribution is 2.53. The quantitative estimate of drug-likeness (QED) is 0.935. The van der Waals surface area contributed by atoms with Gasteiger partial charge < -0.3 is 24.1 Å². The average molecular weight is 316 g/mol. The molecule has 0 saturated carbocycles. The topological polar surface area (TPSA) is 74.2 Å². The fourth-order valence-electron chi connectivity index (χ4n) is 2.81. The van der Waals surface area contributed by atoms with Crippen LogP contribution in [0, 0.1) is 0 Å². The number of hydrogen-bond donors (Lipinski definition) is 1. The summed E-state index contributed by atoms with van der Waals surface area (Å²) >= 11 is 0. The van der Waals surface area contributed by atoms with Gasteiger partial charge in [0.05, 0.1) is 21.3 Å². The Hall–Kier alpha value is -2.89. The van der Waals surface area contributed by atoms with Crippen molar-refractivity contribution in [2.75, 3.05) is 21.3 Å². The minimum Gasteiger partial charge on any atom is -0.493 e. The van der Waals surface area contributed by atoms with E-state index in [1.807, 2.05) is 12.1 Å². The molecule has 3 rings (SSSR count). The summed E-state index contributed by atoms with van der Waals surface area (Å²) in [4.78, 5) is 11.6. The molecule has 1 aliphatic heterocycles. The molecular weight excluding hydrogens is 300 g/mol. The molecule has 1 aliphatic rings. The molecule has 0 saturated heterocycles. The molecule has 23 heavy (non-hydrogen) atoms. The van der Waals surface area contributed by atoms with Crippen molar-refractivity contribution in [1.29, 1.82) is 0 Å². The third-order valence-electron chi connectivity index (χ3n) is 3.77. The summed E-state index contributed by atoms with van der Waals surface area (Å²) in [7, 11) is 4.50. The lowest BCUT2D eigenvalue weighted by Crippen LogP contribution is -2.22. The van der Waals surface area contributed by atoms with Gasteiger partial charge in [-0.2, -0.15) is 0 Å². The van der Waals surface area contributed by atoms with Gasteiger partial charge in [0.2, 0.25) is 11.9 Å². The summed E-state index contributed by atoms with van der Waals surface area (Å²) < 4.78 is 21.9. The number of hydrogen-bond acceptors (Lipinski definition) is 5. The zero-order valence-corrected chi connectivity index (χ0v) is 13.0. The molecule has 1 N–H and O–H groups in total. The van der Waals surface area contributed by atoms with Crippen LogP contribution in [0.5, 0.6) is 23.0 Å². The number of ether oxygens (including phenoxy) is 4. The number of benzene rings is 2. The maximum absolute atomic E-state index is 11.6. The minimum absolute atomic E-state index is 0.386. The van der Waals surface area contributed by atoms with Crippen molar-refractivity contribution < 1.29 is 28.8 Å². The monoisotopic (exact) mass is 316 g/mol. The van der Waals surface area contributed by atoms with Crippen LogP contribution in [0.1, 0.15) is 11.7 Å². The maximum atomic E-state index is 11.6. The van der Waals surface area contributed by atoms with Crippen LogP contribution in [0.3, 0.4) is 0 Å². The molecule has 0 fully saturated rings. The highest BCUT2D eigenvalue weighted by atomic mass is 16.5. The van der Waals surface area contributed by atoms with Gasteiger partial charge in [0.15, 0.2) is 11.5 Å². The zero-order valence-electron chi connectivity index (χ0n) is 13.0. The molecule has 6 nitrogen and oxygen atoms in total. The second kappa shape index (κ2) is 5.72. The van der Waals surface area contributed by atoms with Gasteiger partial charge >= 0.3 is 5.97 Å². The van der Waals surface area contributed by atoms with E-state index < -0.39 is 12.1 Å². The van der Waals surface area contributed by atoms with Crippen LogP contribution in [0.15, 0.2) is 30.3 Å². The molecule has 6 heteroatoms. The van der Waals surface area contributed by atoms with Crippen molar-refractivity contribution >= 4 is 5.97 Å². The van der Waals surface area contributed by atoms with Crippen molar-refractivity contribution in [2.24, 2.45) is 0 Å². The Balaban J connectivity index is 2.39. The van der Waals surface area contributed by atoms with Gasteiger partial charge in [0, 0.05) is 16.7 Å². The van der Waals surface area contributed by atoms with Gasteiger partial charge in [0.1, 0.15) is 5.75 Å². The Morgan fingerprint density at radius 2 is 1.78 bits per heavy atom. The summed E-state index contributed by atoms with van der Waals surface area (Å²) in [5, 5.41) is 9.53. The number of carboxylic acids is 1. The number of carboxylic acid groups (broad SMARTS) is 1. The van der Waals surface area contributed by atoms with Gasteiger partial charge in [-0.1, -0.05) is 18.2 Å². The highest BCUT2D eigenvalue weighted by Gasteiger charge is 2.36. The van der Waals surface area contributed by atoms with Gasteiger partial charge in [-0.25, -0.2) is 4.79 Å². The number of para-hydroxylation sites is 1. The molecule has 0 spiro atoms. The SMILES string of the molecule is COc1cc2c(c(OC)c1OC)-c1ccccc1OC2C(=O)O. The van der Waals surface area contributed by atoms with Crippen molar-refractivity contribution in [3.05, 3.63) is 35.9 Å². The number of fused-ring (bicyclic) bond motifs is 3. The Kier molecular flexibility index (Phi) is 3.73. The van der Waals surface area contributed by atoms with E-state index >= 15 is 0 Å². The van der Waals surface area contributed by atoms with Crippen LogP contribution in [0.2, 0.25) is 0 Å². The predicted octanol–water partition coefficient (Wildman–Crippen LogP) is 2.90. The van der Waals surface area contributed by atoms with E-state index in [9.17, 15) is 9.90 Å². The second-order valence-corrected chi connectivity index (χ2v) is 4.94. The largest absolute Gasteiger partial charge is 0.493 e. The Morgan fingerprint density at radius 3 is 2.39 bits per heavy atom. The molecule has 0 bridgehead atoms. The third kappa shape index (κ3) is 2.23.